The van der Waals surface area contributed by atoms with Crippen LogP contribution in [0.5, 0.6) is 0 Å². The monoisotopic (exact) mass is 490 g/mol. The third kappa shape index (κ3) is 5.18. The van der Waals surface area contributed by atoms with Crippen molar-refractivity contribution in [2.45, 2.75) is 31.7 Å². The molecule has 0 radical (unpaired) electrons. The molecule has 4 rings (SSSR count). The van der Waals surface area contributed by atoms with Crippen LogP contribution in [0.1, 0.15) is 18.9 Å². The summed E-state index contributed by atoms with van der Waals surface area (Å²) in [5.74, 6) is -0.747. The molecular weight excluding hydrogens is 463 g/mol. The number of nitrogens with one attached hydrogen (secondary N) is 1. The molecule has 1 atom stereocenters. The van der Waals surface area contributed by atoms with Crippen molar-refractivity contribution in [2.75, 3.05) is 31.1 Å². The second-order valence-corrected chi connectivity index (χ2v) is 11.4. The smallest absolute Gasteiger partial charge is 0.241 e. The molecule has 1 aliphatic rings. The van der Waals surface area contributed by atoms with Gasteiger partial charge in [0.25, 0.3) is 0 Å². The summed E-state index contributed by atoms with van der Waals surface area (Å²) in [6.45, 7) is 7.65. The molecule has 3 aromatic rings. The predicted molar refractivity (Wildman–Crippen MR) is 128 cm³/mol. The molecule has 0 unspecified atom stereocenters. The van der Waals surface area contributed by atoms with Crippen LogP contribution in [-0.4, -0.2) is 56.4 Å². The summed E-state index contributed by atoms with van der Waals surface area (Å²) < 4.78 is 42.8. The summed E-state index contributed by atoms with van der Waals surface area (Å²) in [5, 5.41) is 0.863. The minimum absolute atomic E-state index is 0.123. The molecule has 0 aliphatic carbocycles. The van der Waals surface area contributed by atoms with Crippen LogP contribution in [0.15, 0.2) is 47.4 Å². The van der Waals surface area contributed by atoms with Gasteiger partial charge >= 0.3 is 0 Å². The van der Waals surface area contributed by atoms with Crippen molar-refractivity contribution in [3.8, 4) is 0 Å². The van der Waals surface area contributed by atoms with Crippen LogP contribution < -0.4 is 9.62 Å². The summed E-state index contributed by atoms with van der Waals surface area (Å²) in [6.07, 6.45) is 0. The standard InChI is InChI=1S/C23H27FN4O3S2/c1-15(2)22(26-33(30,31)19-8-9-20-21(14-19)32-16(3)25-20)23(29)28-12-10-27(11-13-28)18-6-4-17(24)5-7-18/h4-9,14-15,22,26H,10-13H2,1-3H3/t22-/m0/s1. The first kappa shape index (κ1) is 23.6. The predicted octanol–water partition coefficient (Wildman–Crippen LogP) is 3.40. The fourth-order valence-corrected chi connectivity index (χ4v) is 6.23. The number of fused-ring (bicyclic) bond motifs is 1. The van der Waals surface area contributed by atoms with Crippen molar-refractivity contribution in [2.24, 2.45) is 5.92 Å². The summed E-state index contributed by atoms with van der Waals surface area (Å²) in [4.78, 5) is 21.6. The maximum absolute atomic E-state index is 13.3. The maximum Gasteiger partial charge on any atom is 0.241 e. The number of aromatic nitrogens is 1. The van der Waals surface area contributed by atoms with Gasteiger partial charge < -0.3 is 9.80 Å². The van der Waals surface area contributed by atoms with E-state index in [2.05, 4.69) is 14.6 Å². The number of sulfonamides is 1. The van der Waals surface area contributed by atoms with Gasteiger partial charge in [-0.05, 0) is 55.3 Å². The van der Waals surface area contributed by atoms with Crippen LogP contribution >= 0.6 is 11.3 Å². The van der Waals surface area contributed by atoms with Gasteiger partial charge in [0, 0.05) is 31.9 Å². The average molecular weight is 491 g/mol. The van der Waals surface area contributed by atoms with E-state index in [0.29, 0.717) is 26.2 Å². The lowest BCUT2D eigenvalue weighted by Crippen LogP contribution is -2.56. The third-order valence-corrected chi connectivity index (χ3v) is 8.15. The highest BCUT2D eigenvalue weighted by atomic mass is 32.2. The molecule has 2 aromatic carbocycles. The normalized spacial score (nSPS) is 15.9. The molecule has 0 saturated carbocycles. The van der Waals surface area contributed by atoms with Crippen LogP contribution in [0, 0.1) is 18.7 Å². The second kappa shape index (κ2) is 9.36. The van der Waals surface area contributed by atoms with Gasteiger partial charge in [-0.1, -0.05) is 13.8 Å². The lowest BCUT2D eigenvalue weighted by molar-refractivity contribution is -0.134. The van der Waals surface area contributed by atoms with E-state index < -0.39 is 16.1 Å². The number of hydrogen-bond acceptors (Lipinski definition) is 6. The third-order valence-electron chi connectivity index (χ3n) is 5.78. The number of benzene rings is 2. The van der Waals surface area contributed by atoms with Crippen molar-refractivity contribution in [3.05, 3.63) is 53.3 Å². The summed E-state index contributed by atoms with van der Waals surface area (Å²) in [6, 6.07) is 10.2. The zero-order chi connectivity index (χ0) is 23.8. The van der Waals surface area contributed by atoms with Gasteiger partial charge in [0.2, 0.25) is 15.9 Å². The maximum atomic E-state index is 13.3. The summed E-state index contributed by atoms with van der Waals surface area (Å²) in [5.41, 5.74) is 1.66. The Kier molecular flexibility index (Phi) is 6.69. The SMILES string of the molecule is Cc1nc2ccc(S(=O)(=O)N[C@H](C(=O)N3CCN(c4ccc(F)cc4)CC3)C(C)C)cc2s1. The van der Waals surface area contributed by atoms with Crippen molar-refractivity contribution in [1.29, 1.82) is 0 Å². The number of anilines is 1. The van der Waals surface area contributed by atoms with E-state index >= 15 is 0 Å². The number of nitrogens with zero attached hydrogens (tertiary/aromatic N) is 3. The lowest BCUT2D eigenvalue weighted by Gasteiger charge is -2.38. The van der Waals surface area contributed by atoms with E-state index in [9.17, 15) is 17.6 Å². The van der Waals surface area contributed by atoms with E-state index in [1.807, 2.05) is 20.8 Å². The zero-order valence-corrected chi connectivity index (χ0v) is 20.4. The first-order chi connectivity index (χ1) is 15.6. The Hall–Kier alpha value is -2.56. The van der Waals surface area contributed by atoms with Gasteiger partial charge in [-0.3, -0.25) is 4.79 Å². The fourth-order valence-electron chi connectivity index (χ4n) is 3.93. The number of carbonyl (C=O) groups is 1. The molecule has 176 valence electrons. The number of rotatable bonds is 6. The Morgan fingerprint density at radius 2 is 1.76 bits per heavy atom. The Balaban J connectivity index is 1.46. The van der Waals surface area contributed by atoms with Crippen LogP contribution in [0.3, 0.4) is 0 Å². The fraction of sp³-hybridized carbons (Fsp3) is 0.391. The minimum atomic E-state index is -3.89. The van der Waals surface area contributed by atoms with Crippen LogP contribution in [0.25, 0.3) is 10.2 Å². The number of thiazole rings is 1. The molecule has 7 nitrogen and oxygen atoms in total. The molecule has 0 bridgehead atoms. The number of piperazine rings is 1. The van der Waals surface area contributed by atoms with Crippen molar-refractivity contribution >= 4 is 43.2 Å². The van der Waals surface area contributed by atoms with Crippen LogP contribution in [-0.2, 0) is 14.8 Å². The Morgan fingerprint density at radius 3 is 2.39 bits per heavy atom. The van der Waals surface area contributed by atoms with E-state index in [0.717, 1.165) is 20.9 Å². The molecule has 1 N–H and O–H groups in total. The molecule has 1 aliphatic heterocycles. The zero-order valence-electron chi connectivity index (χ0n) is 18.8. The highest BCUT2D eigenvalue weighted by molar-refractivity contribution is 7.89. The Bertz CT molecular complexity index is 1250. The van der Waals surface area contributed by atoms with Gasteiger partial charge in [0.05, 0.1) is 20.1 Å². The molecule has 0 spiro atoms. The number of hydrogen-bond donors (Lipinski definition) is 1. The number of carbonyl (C=O) groups excluding carboxylic acids is 1. The van der Waals surface area contributed by atoms with E-state index in [4.69, 9.17) is 0 Å². The van der Waals surface area contributed by atoms with Crippen molar-refractivity contribution < 1.29 is 17.6 Å². The molecule has 1 amide bonds. The summed E-state index contributed by atoms with van der Waals surface area (Å²) in [7, 11) is -3.89. The quantitative estimate of drug-likeness (QED) is 0.573. The molecule has 1 saturated heterocycles. The molecule has 10 heteroatoms. The van der Waals surface area contributed by atoms with E-state index in [-0.39, 0.29) is 22.5 Å². The van der Waals surface area contributed by atoms with E-state index in [1.165, 1.54) is 29.5 Å². The molecule has 1 fully saturated rings. The van der Waals surface area contributed by atoms with Crippen molar-refractivity contribution in [3.63, 3.8) is 0 Å². The average Bonchev–Trinajstić information content (AvgIpc) is 3.17. The molecule has 1 aromatic heterocycles. The van der Waals surface area contributed by atoms with Crippen LogP contribution in [0.2, 0.25) is 0 Å². The topological polar surface area (TPSA) is 82.6 Å². The molecular formula is C23H27FN4O3S2. The van der Waals surface area contributed by atoms with Gasteiger partial charge in [-0.2, -0.15) is 4.72 Å². The summed E-state index contributed by atoms with van der Waals surface area (Å²) >= 11 is 1.43. The van der Waals surface area contributed by atoms with Gasteiger partial charge in [-0.15, -0.1) is 11.3 Å². The van der Waals surface area contributed by atoms with E-state index in [1.54, 1.807) is 29.2 Å². The second-order valence-electron chi connectivity index (χ2n) is 8.49. The highest BCUT2D eigenvalue weighted by Gasteiger charge is 2.33. The van der Waals surface area contributed by atoms with Gasteiger partial charge in [-0.25, -0.2) is 17.8 Å². The van der Waals surface area contributed by atoms with Gasteiger partial charge in [0.1, 0.15) is 11.9 Å². The number of halogens is 1. The molecule has 2 heterocycles. The first-order valence-electron chi connectivity index (χ1n) is 10.8. The molecule has 33 heavy (non-hydrogen) atoms. The largest absolute Gasteiger partial charge is 0.368 e. The van der Waals surface area contributed by atoms with Crippen molar-refractivity contribution in [1.82, 2.24) is 14.6 Å². The lowest BCUT2D eigenvalue weighted by atomic mass is 10.0. The number of aryl methyl sites for hydroxylation is 1. The highest BCUT2D eigenvalue weighted by Crippen LogP contribution is 2.25. The van der Waals surface area contributed by atoms with Gasteiger partial charge in [0.15, 0.2) is 0 Å². The minimum Gasteiger partial charge on any atom is -0.368 e. The number of amides is 1. The Morgan fingerprint density at radius 1 is 1.09 bits per heavy atom. The van der Waals surface area contributed by atoms with Crippen LogP contribution in [0.4, 0.5) is 10.1 Å². The first-order valence-corrected chi connectivity index (χ1v) is 13.1. The Labute approximate surface area is 197 Å².